The van der Waals surface area contributed by atoms with E-state index in [0.717, 1.165) is 11.3 Å². The van der Waals surface area contributed by atoms with E-state index in [1.165, 1.54) is 13.3 Å². The van der Waals surface area contributed by atoms with Crippen molar-refractivity contribution in [3.8, 4) is 5.88 Å². The first kappa shape index (κ1) is 13.8. The first-order chi connectivity index (χ1) is 9.70. The SMILES string of the molecule is COC(=O)c1nccc(OCCc2ccccc2N)n1. The van der Waals surface area contributed by atoms with Crippen LogP contribution < -0.4 is 10.5 Å². The van der Waals surface area contributed by atoms with E-state index < -0.39 is 5.97 Å². The van der Waals surface area contributed by atoms with Crippen molar-refractivity contribution in [1.29, 1.82) is 0 Å². The molecule has 0 spiro atoms. The quantitative estimate of drug-likeness (QED) is 0.655. The Balaban J connectivity index is 1.94. The molecule has 0 saturated heterocycles. The number of carbonyl (C=O) groups excluding carboxylic acids is 1. The normalized spacial score (nSPS) is 10.1. The smallest absolute Gasteiger partial charge is 0.376 e. The molecule has 1 aromatic heterocycles. The van der Waals surface area contributed by atoms with Gasteiger partial charge in [-0.15, -0.1) is 0 Å². The minimum absolute atomic E-state index is 0.0239. The monoisotopic (exact) mass is 273 g/mol. The summed E-state index contributed by atoms with van der Waals surface area (Å²) in [6.45, 7) is 0.409. The van der Waals surface area contributed by atoms with Gasteiger partial charge in [0.05, 0.1) is 13.7 Å². The number of hydrogen-bond acceptors (Lipinski definition) is 6. The molecule has 0 aliphatic carbocycles. The summed E-state index contributed by atoms with van der Waals surface area (Å²) >= 11 is 0. The zero-order valence-electron chi connectivity index (χ0n) is 11.1. The van der Waals surface area contributed by atoms with Crippen LogP contribution in [0.2, 0.25) is 0 Å². The molecule has 0 fully saturated rings. The number of para-hydroxylation sites is 1. The third-order valence-corrected chi connectivity index (χ3v) is 2.67. The molecule has 20 heavy (non-hydrogen) atoms. The molecule has 0 saturated carbocycles. The molecular formula is C14H15N3O3. The molecule has 0 bridgehead atoms. The highest BCUT2D eigenvalue weighted by atomic mass is 16.5. The van der Waals surface area contributed by atoms with Crippen LogP contribution in [0.5, 0.6) is 5.88 Å². The van der Waals surface area contributed by atoms with Gasteiger partial charge in [0.1, 0.15) is 0 Å². The molecule has 0 unspecified atom stereocenters. The van der Waals surface area contributed by atoms with Gasteiger partial charge in [-0.2, -0.15) is 4.98 Å². The number of esters is 1. The fourth-order valence-electron chi connectivity index (χ4n) is 1.64. The summed E-state index contributed by atoms with van der Waals surface area (Å²) in [4.78, 5) is 19.0. The summed E-state index contributed by atoms with van der Waals surface area (Å²) in [6.07, 6.45) is 2.11. The molecule has 2 rings (SSSR count). The van der Waals surface area contributed by atoms with Crippen LogP contribution in [-0.2, 0) is 11.2 Å². The molecule has 6 nitrogen and oxygen atoms in total. The van der Waals surface area contributed by atoms with Gasteiger partial charge in [0.2, 0.25) is 11.7 Å². The van der Waals surface area contributed by atoms with Crippen LogP contribution in [-0.4, -0.2) is 29.7 Å². The zero-order chi connectivity index (χ0) is 14.4. The number of nitrogens with two attached hydrogens (primary N) is 1. The van der Waals surface area contributed by atoms with Crippen LogP contribution >= 0.6 is 0 Å². The van der Waals surface area contributed by atoms with Gasteiger partial charge in [0.25, 0.3) is 0 Å². The van der Waals surface area contributed by atoms with E-state index in [9.17, 15) is 4.79 Å². The van der Waals surface area contributed by atoms with Crippen molar-refractivity contribution in [1.82, 2.24) is 9.97 Å². The standard InChI is InChI=1S/C14H15N3O3/c1-19-14(18)13-16-8-6-12(17-13)20-9-7-10-4-2-3-5-11(10)15/h2-6,8H,7,9,15H2,1H3. The van der Waals surface area contributed by atoms with Gasteiger partial charge in [0, 0.05) is 24.4 Å². The molecule has 104 valence electrons. The number of nitrogen functional groups attached to an aromatic ring is 1. The number of rotatable bonds is 5. The highest BCUT2D eigenvalue weighted by Gasteiger charge is 2.10. The highest BCUT2D eigenvalue weighted by molar-refractivity contribution is 5.84. The van der Waals surface area contributed by atoms with Gasteiger partial charge in [-0.05, 0) is 11.6 Å². The molecule has 0 atom stereocenters. The average Bonchev–Trinajstić information content (AvgIpc) is 2.49. The van der Waals surface area contributed by atoms with Crippen molar-refractivity contribution < 1.29 is 14.3 Å². The molecule has 0 amide bonds. The van der Waals surface area contributed by atoms with E-state index in [-0.39, 0.29) is 5.82 Å². The van der Waals surface area contributed by atoms with Crippen molar-refractivity contribution >= 4 is 11.7 Å². The van der Waals surface area contributed by atoms with Gasteiger partial charge in [-0.1, -0.05) is 18.2 Å². The van der Waals surface area contributed by atoms with Crippen molar-refractivity contribution in [3.05, 3.63) is 47.9 Å². The molecule has 0 aliphatic rings. The molecule has 1 aromatic carbocycles. The second kappa shape index (κ2) is 6.51. The second-order valence-electron chi connectivity index (χ2n) is 4.01. The Hall–Kier alpha value is -2.63. The van der Waals surface area contributed by atoms with E-state index in [0.29, 0.717) is 18.9 Å². The third kappa shape index (κ3) is 3.44. The minimum atomic E-state index is -0.595. The van der Waals surface area contributed by atoms with Crippen molar-refractivity contribution in [3.63, 3.8) is 0 Å². The predicted molar refractivity (Wildman–Crippen MR) is 73.4 cm³/mol. The highest BCUT2D eigenvalue weighted by Crippen LogP contribution is 2.12. The van der Waals surface area contributed by atoms with Gasteiger partial charge in [-0.25, -0.2) is 9.78 Å². The number of nitrogens with zero attached hydrogens (tertiary/aromatic N) is 2. The van der Waals surface area contributed by atoms with Crippen molar-refractivity contribution in [2.45, 2.75) is 6.42 Å². The van der Waals surface area contributed by atoms with Crippen molar-refractivity contribution in [2.75, 3.05) is 19.5 Å². The fourth-order valence-corrected chi connectivity index (χ4v) is 1.64. The first-order valence-electron chi connectivity index (χ1n) is 6.08. The summed E-state index contributed by atoms with van der Waals surface area (Å²) in [5, 5.41) is 0. The number of methoxy groups -OCH3 is 1. The van der Waals surface area contributed by atoms with E-state index in [1.807, 2.05) is 24.3 Å². The Bertz CT molecular complexity index is 602. The molecule has 2 aromatic rings. The summed E-state index contributed by atoms with van der Waals surface area (Å²) < 4.78 is 10.0. The molecule has 2 N–H and O–H groups in total. The van der Waals surface area contributed by atoms with E-state index in [1.54, 1.807) is 6.07 Å². The fraction of sp³-hybridized carbons (Fsp3) is 0.214. The Kier molecular flexibility index (Phi) is 4.49. The Morgan fingerprint density at radius 2 is 2.10 bits per heavy atom. The van der Waals surface area contributed by atoms with E-state index >= 15 is 0 Å². The number of hydrogen-bond donors (Lipinski definition) is 1. The number of benzene rings is 1. The van der Waals surface area contributed by atoms with Crippen LogP contribution in [0, 0.1) is 0 Å². The summed E-state index contributed by atoms with van der Waals surface area (Å²) in [6, 6.07) is 9.17. The predicted octanol–water partition coefficient (Wildman–Crippen LogP) is 1.47. The summed E-state index contributed by atoms with van der Waals surface area (Å²) in [5.41, 5.74) is 7.58. The van der Waals surface area contributed by atoms with Crippen LogP contribution in [0.1, 0.15) is 16.2 Å². The third-order valence-electron chi connectivity index (χ3n) is 2.67. The number of ether oxygens (including phenoxy) is 2. The maximum absolute atomic E-state index is 11.3. The maximum atomic E-state index is 11.3. The zero-order valence-corrected chi connectivity index (χ0v) is 11.1. The molecule has 0 aliphatic heterocycles. The Morgan fingerprint density at radius 3 is 2.85 bits per heavy atom. The molecule has 6 heteroatoms. The average molecular weight is 273 g/mol. The van der Waals surface area contributed by atoms with Gasteiger partial charge in [-0.3, -0.25) is 0 Å². The van der Waals surface area contributed by atoms with E-state index in [2.05, 4.69) is 14.7 Å². The summed E-state index contributed by atoms with van der Waals surface area (Å²) in [5.74, 6) is -0.290. The number of aromatic nitrogens is 2. The maximum Gasteiger partial charge on any atom is 0.376 e. The lowest BCUT2D eigenvalue weighted by Crippen LogP contribution is -2.10. The topological polar surface area (TPSA) is 87.3 Å². The lowest BCUT2D eigenvalue weighted by atomic mass is 10.1. The lowest BCUT2D eigenvalue weighted by Gasteiger charge is -2.07. The van der Waals surface area contributed by atoms with Crippen LogP contribution in [0.4, 0.5) is 5.69 Å². The van der Waals surface area contributed by atoms with Crippen LogP contribution in [0.15, 0.2) is 36.5 Å². The van der Waals surface area contributed by atoms with E-state index in [4.69, 9.17) is 10.5 Å². The van der Waals surface area contributed by atoms with Crippen molar-refractivity contribution in [2.24, 2.45) is 0 Å². The number of carbonyl (C=O) groups is 1. The van der Waals surface area contributed by atoms with Crippen LogP contribution in [0.3, 0.4) is 0 Å². The van der Waals surface area contributed by atoms with Gasteiger partial charge in [0.15, 0.2) is 0 Å². The van der Waals surface area contributed by atoms with Crippen LogP contribution in [0.25, 0.3) is 0 Å². The molecule has 0 radical (unpaired) electrons. The van der Waals surface area contributed by atoms with Gasteiger partial charge >= 0.3 is 5.97 Å². The lowest BCUT2D eigenvalue weighted by molar-refractivity contribution is 0.0585. The molecular weight excluding hydrogens is 258 g/mol. The first-order valence-corrected chi connectivity index (χ1v) is 6.08. The Morgan fingerprint density at radius 1 is 1.30 bits per heavy atom. The largest absolute Gasteiger partial charge is 0.477 e. The second-order valence-corrected chi connectivity index (χ2v) is 4.01. The van der Waals surface area contributed by atoms with Gasteiger partial charge < -0.3 is 15.2 Å². The minimum Gasteiger partial charge on any atom is -0.477 e. The Labute approximate surface area is 116 Å². The summed E-state index contributed by atoms with van der Waals surface area (Å²) in [7, 11) is 1.28. The molecule has 1 heterocycles. The number of anilines is 1.